The van der Waals surface area contributed by atoms with Crippen molar-refractivity contribution in [2.24, 2.45) is 0 Å². The number of rotatable bonds is 6. The molecule has 0 atom stereocenters. The summed E-state index contributed by atoms with van der Waals surface area (Å²) in [6.07, 6.45) is 1.41. The molecule has 4 nitrogen and oxygen atoms in total. The van der Waals surface area contributed by atoms with Crippen molar-refractivity contribution in [1.82, 2.24) is 0 Å². The van der Waals surface area contributed by atoms with Gasteiger partial charge in [-0.15, -0.1) is 0 Å². The fourth-order valence-corrected chi connectivity index (χ4v) is 1.23. The highest BCUT2D eigenvalue weighted by molar-refractivity contribution is 5.78. The second-order valence-corrected chi connectivity index (χ2v) is 3.01. The van der Waals surface area contributed by atoms with Crippen molar-refractivity contribution in [3.8, 4) is 0 Å². The molecule has 76 valence electrons. The number of methoxy groups -OCH3 is 1. The van der Waals surface area contributed by atoms with Crippen LogP contribution in [0.4, 0.5) is 0 Å². The van der Waals surface area contributed by atoms with Gasteiger partial charge in [0.15, 0.2) is 6.29 Å². The number of Topliss-reactive ketones (excluding diaryl/α,β-unsaturated/α-hetero) is 1. The molecule has 1 fully saturated rings. The Bertz CT molecular complexity index is 152. The van der Waals surface area contributed by atoms with Crippen LogP contribution in [-0.4, -0.2) is 39.0 Å². The summed E-state index contributed by atoms with van der Waals surface area (Å²) in [6, 6.07) is 0. The van der Waals surface area contributed by atoms with Gasteiger partial charge >= 0.3 is 0 Å². The van der Waals surface area contributed by atoms with Gasteiger partial charge in [0.2, 0.25) is 0 Å². The topological polar surface area (TPSA) is 44.8 Å². The first-order valence-electron chi connectivity index (χ1n) is 4.57. The zero-order valence-electron chi connectivity index (χ0n) is 7.95. The molecule has 0 unspecified atom stereocenters. The molecular weight excluding hydrogens is 172 g/mol. The van der Waals surface area contributed by atoms with Crippen LogP contribution in [0.1, 0.15) is 19.3 Å². The number of ether oxygens (including phenoxy) is 3. The van der Waals surface area contributed by atoms with Crippen LogP contribution in [0.2, 0.25) is 0 Å². The minimum atomic E-state index is -0.296. The van der Waals surface area contributed by atoms with Crippen LogP contribution < -0.4 is 0 Å². The second kappa shape index (κ2) is 6.07. The van der Waals surface area contributed by atoms with Crippen LogP contribution in [0.5, 0.6) is 0 Å². The highest BCUT2D eigenvalue weighted by Gasteiger charge is 2.18. The second-order valence-electron chi connectivity index (χ2n) is 3.01. The van der Waals surface area contributed by atoms with Crippen LogP contribution >= 0.6 is 0 Å². The van der Waals surface area contributed by atoms with Crippen molar-refractivity contribution < 1.29 is 19.0 Å². The molecule has 0 bridgehead atoms. The zero-order chi connectivity index (χ0) is 9.52. The quantitative estimate of drug-likeness (QED) is 0.577. The molecule has 13 heavy (non-hydrogen) atoms. The largest absolute Gasteiger partial charge is 0.385 e. The van der Waals surface area contributed by atoms with Gasteiger partial charge in [0, 0.05) is 20.1 Å². The van der Waals surface area contributed by atoms with E-state index in [9.17, 15) is 4.79 Å². The highest BCUT2D eigenvalue weighted by Crippen LogP contribution is 2.09. The summed E-state index contributed by atoms with van der Waals surface area (Å²) in [7, 11) is 1.63. The van der Waals surface area contributed by atoms with E-state index in [4.69, 9.17) is 14.2 Å². The molecule has 0 aliphatic carbocycles. The van der Waals surface area contributed by atoms with Crippen LogP contribution in [0.25, 0.3) is 0 Å². The molecule has 1 rings (SSSR count). The van der Waals surface area contributed by atoms with E-state index in [1.165, 1.54) is 0 Å². The first kappa shape index (κ1) is 10.6. The zero-order valence-corrected chi connectivity index (χ0v) is 7.95. The number of carbonyl (C=O) groups is 1. The molecule has 0 saturated carbocycles. The Balaban J connectivity index is 2.02. The van der Waals surface area contributed by atoms with E-state index in [0.29, 0.717) is 32.7 Å². The highest BCUT2D eigenvalue weighted by atomic mass is 16.7. The fourth-order valence-electron chi connectivity index (χ4n) is 1.23. The predicted octanol–water partition coefficient (Wildman–Crippen LogP) is 0.745. The van der Waals surface area contributed by atoms with Gasteiger partial charge in [-0.05, 0) is 6.42 Å². The third-order valence-electron chi connectivity index (χ3n) is 1.89. The normalized spacial score (nSPS) is 17.9. The summed E-state index contributed by atoms with van der Waals surface area (Å²) in [5, 5.41) is 0. The standard InChI is InChI=1S/C9H16O4/c1-11-4-2-3-8(10)7-9-12-5-6-13-9/h9H,2-7H2,1H3. The average Bonchev–Trinajstić information content (AvgIpc) is 2.57. The van der Waals surface area contributed by atoms with Crippen molar-refractivity contribution in [2.75, 3.05) is 26.9 Å². The third-order valence-corrected chi connectivity index (χ3v) is 1.89. The predicted molar refractivity (Wildman–Crippen MR) is 46.4 cm³/mol. The molecular formula is C9H16O4. The molecule has 0 spiro atoms. The van der Waals surface area contributed by atoms with Gasteiger partial charge in [0.05, 0.1) is 19.6 Å². The fraction of sp³-hybridized carbons (Fsp3) is 0.889. The van der Waals surface area contributed by atoms with Gasteiger partial charge in [-0.25, -0.2) is 0 Å². The van der Waals surface area contributed by atoms with E-state index >= 15 is 0 Å². The summed E-state index contributed by atoms with van der Waals surface area (Å²) in [6.45, 7) is 1.85. The first-order valence-corrected chi connectivity index (χ1v) is 4.57. The Hall–Kier alpha value is -0.450. The van der Waals surface area contributed by atoms with Crippen molar-refractivity contribution in [1.29, 1.82) is 0 Å². The lowest BCUT2D eigenvalue weighted by Gasteiger charge is -2.07. The average molecular weight is 188 g/mol. The lowest BCUT2D eigenvalue weighted by Crippen LogP contribution is -2.14. The van der Waals surface area contributed by atoms with Gasteiger partial charge in [-0.2, -0.15) is 0 Å². The molecule has 1 saturated heterocycles. The van der Waals surface area contributed by atoms with Crippen molar-refractivity contribution >= 4 is 5.78 Å². The maximum atomic E-state index is 11.3. The Labute approximate surface area is 78.2 Å². The van der Waals surface area contributed by atoms with E-state index in [1.807, 2.05) is 0 Å². The van der Waals surface area contributed by atoms with Gasteiger partial charge < -0.3 is 14.2 Å². The first-order chi connectivity index (χ1) is 6.33. The number of ketones is 1. The minimum Gasteiger partial charge on any atom is -0.385 e. The smallest absolute Gasteiger partial charge is 0.164 e. The van der Waals surface area contributed by atoms with Gasteiger partial charge in [-0.3, -0.25) is 4.79 Å². The maximum absolute atomic E-state index is 11.3. The SMILES string of the molecule is COCCCC(=O)CC1OCCO1. The van der Waals surface area contributed by atoms with E-state index in [2.05, 4.69) is 0 Å². The van der Waals surface area contributed by atoms with Gasteiger partial charge in [0.1, 0.15) is 5.78 Å². The molecule has 4 heteroatoms. The summed E-state index contributed by atoms with van der Waals surface area (Å²) in [4.78, 5) is 11.3. The van der Waals surface area contributed by atoms with E-state index < -0.39 is 0 Å². The maximum Gasteiger partial charge on any atom is 0.164 e. The van der Waals surface area contributed by atoms with Crippen molar-refractivity contribution in [3.05, 3.63) is 0 Å². The number of hydrogen-bond acceptors (Lipinski definition) is 4. The van der Waals surface area contributed by atoms with E-state index in [1.54, 1.807) is 7.11 Å². The Morgan fingerprint density at radius 1 is 1.46 bits per heavy atom. The number of hydrogen-bond donors (Lipinski definition) is 0. The molecule has 0 aromatic carbocycles. The molecule has 1 heterocycles. The van der Waals surface area contributed by atoms with E-state index in [0.717, 1.165) is 6.42 Å². The summed E-state index contributed by atoms with van der Waals surface area (Å²) >= 11 is 0. The Morgan fingerprint density at radius 2 is 2.15 bits per heavy atom. The van der Waals surface area contributed by atoms with Gasteiger partial charge in [0.25, 0.3) is 0 Å². The van der Waals surface area contributed by atoms with Crippen molar-refractivity contribution in [2.45, 2.75) is 25.6 Å². The van der Waals surface area contributed by atoms with Crippen LogP contribution in [-0.2, 0) is 19.0 Å². The molecule has 0 amide bonds. The molecule has 1 aliphatic heterocycles. The lowest BCUT2D eigenvalue weighted by molar-refractivity contribution is -0.127. The van der Waals surface area contributed by atoms with Crippen LogP contribution in [0.15, 0.2) is 0 Å². The Kier molecular flexibility index (Phi) is 4.97. The van der Waals surface area contributed by atoms with Crippen molar-refractivity contribution in [3.63, 3.8) is 0 Å². The monoisotopic (exact) mass is 188 g/mol. The van der Waals surface area contributed by atoms with Crippen LogP contribution in [0.3, 0.4) is 0 Å². The summed E-state index contributed by atoms with van der Waals surface area (Å²) < 4.78 is 15.2. The van der Waals surface area contributed by atoms with E-state index in [-0.39, 0.29) is 12.1 Å². The molecule has 0 aromatic rings. The van der Waals surface area contributed by atoms with Crippen LogP contribution in [0, 0.1) is 0 Å². The summed E-state index contributed by atoms with van der Waals surface area (Å²) in [5.41, 5.74) is 0. The van der Waals surface area contributed by atoms with Gasteiger partial charge in [-0.1, -0.05) is 0 Å². The molecule has 1 aliphatic rings. The molecule has 0 aromatic heterocycles. The Morgan fingerprint density at radius 3 is 2.77 bits per heavy atom. The lowest BCUT2D eigenvalue weighted by atomic mass is 10.2. The minimum absolute atomic E-state index is 0.184. The summed E-state index contributed by atoms with van der Waals surface area (Å²) in [5.74, 6) is 0.184. The molecule has 0 radical (unpaired) electrons. The number of carbonyl (C=O) groups excluding carboxylic acids is 1. The molecule has 0 N–H and O–H groups in total. The third kappa shape index (κ3) is 4.36.